The molecule has 28 heavy (non-hydrogen) atoms. The van der Waals surface area contributed by atoms with E-state index in [-0.39, 0.29) is 16.3 Å². The number of furan rings is 1. The molecule has 0 radical (unpaired) electrons. The van der Waals surface area contributed by atoms with E-state index in [0.717, 1.165) is 16.7 Å². The minimum atomic E-state index is -1.10. The van der Waals surface area contributed by atoms with Crippen LogP contribution >= 0.6 is 11.3 Å². The van der Waals surface area contributed by atoms with Gasteiger partial charge in [0.1, 0.15) is 10.6 Å². The predicted molar refractivity (Wildman–Crippen MR) is 109 cm³/mol. The molecule has 5 nitrogen and oxygen atoms in total. The number of hydrogen-bond donors (Lipinski definition) is 2. The van der Waals surface area contributed by atoms with Crippen molar-refractivity contribution in [3.63, 3.8) is 0 Å². The first-order valence-corrected chi connectivity index (χ1v) is 9.37. The Morgan fingerprint density at radius 2 is 1.54 bits per heavy atom. The topological polar surface area (TPSA) is 79.5 Å². The van der Waals surface area contributed by atoms with Gasteiger partial charge < -0.3 is 14.8 Å². The van der Waals surface area contributed by atoms with Crippen molar-refractivity contribution in [2.45, 2.75) is 0 Å². The fourth-order valence-corrected chi connectivity index (χ4v) is 3.88. The number of carbonyl (C=O) groups is 2. The maximum Gasteiger partial charge on any atom is 0.339 e. The Morgan fingerprint density at radius 1 is 0.857 bits per heavy atom. The number of carboxylic acids is 1. The number of carbonyl (C=O) groups excluding carboxylic acids is 1. The number of carboxylic acid groups (broad SMARTS) is 1. The molecule has 1 amide bonds. The lowest BCUT2D eigenvalue weighted by Gasteiger charge is -2.06. The number of amides is 1. The van der Waals surface area contributed by atoms with Gasteiger partial charge in [0.15, 0.2) is 5.76 Å². The Bertz CT molecular complexity index is 1110. The first kappa shape index (κ1) is 17.8. The molecule has 4 aromatic rings. The van der Waals surface area contributed by atoms with E-state index in [1.807, 2.05) is 54.6 Å². The maximum absolute atomic E-state index is 12.2. The molecule has 0 fully saturated rings. The average Bonchev–Trinajstić information content (AvgIpc) is 3.39. The molecule has 0 spiro atoms. The molecule has 138 valence electrons. The number of hydrogen-bond acceptors (Lipinski definition) is 4. The Kier molecular flexibility index (Phi) is 4.78. The Labute approximate surface area is 164 Å². The summed E-state index contributed by atoms with van der Waals surface area (Å²) in [5.74, 6) is -1.46. The number of nitrogens with one attached hydrogen (secondary N) is 1. The summed E-state index contributed by atoms with van der Waals surface area (Å²) in [6.45, 7) is 0. The second kappa shape index (κ2) is 7.54. The standard InChI is InChI=1S/C22H15NO4S/c24-20(18-7-4-12-27-18)23-21-19(22(25)26)17(13-28-21)16-10-8-15(9-11-16)14-5-2-1-3-6-14/h1-13H,(H,23,24)(H,25,26). The average molecular weight is 389 g/mol. The van der Waals surface area contributed by atoms with Crippen LogP contribution in [0.5, 0.6) is 0 Å². The van der Waals surface area contributed by atoms with Crippen molar-refractivity contribution in [3.05, 3.63) is 89.7 Å². The van der Waals surface area contributed by atoms with Crippen LogP contribution in [0.1, 0.15) is 20.9 Å². The zero-order valence-electron chi connectivity index (χ0n) is 14.6. The van der Waals surface area contributed by atoms with Gasteiger partial charge in [-0.15, -0.1) is 11.3 Å². The molecule has 2 aromatic carbocycles. The second-order valence-electron chi connectivity index (χ2n) is 6.03. The van der Waals surface area contributed by atoms with Gasteiger partial charge in [0.25, 0.3) is 5.91 Å². The van der Waals surface area contributed by atoms with Crippen molar-refractivity contribution in [3.8, 4) is 22.3 Å². The van der Waals surface area contributed by atoms with Gasteiger partial charge in [0, 0.05) is 10.9 Å². The Morgan fingerprint density at radius 3 is 2.18 bits per heavy atom. The van der Waals surface area contributed by atoms with Gasteiger partial charge in [0.05, 0.1) is 6.26 Å². The lowest BCUT2D eigenvalue weighted by atomic mass is 9.99. The van der Waals surface area contributed by atoms with Crippen LogP contribution in [0.4, 0.5) is 5.00 Å². The second-order valence-corrected chi connectivity index (χ2v) is 6.91. The number of aromatic carboxylic acids is 1. The molecular formula is C22H15NO4S. The van der Waals surface area contributed by atoms with Gasteiger partial charge in [-0.25, -0.2) is 4.79 Å². The van der Waals surface area contributed by atoms with Crippen molar-refractivity contribution in [2.75, 3.05) is 5.32 Å². The summed E-state index contributed by atoms with van der Waals surface area (Å²) < 4.78 is 5.06. The summed E-state index contributed by atoms with van der Waals surface area (Å²) in [5.41, 5.74) is 3.53. The summed E-state index contributed by atoms with van der Waals surface area (Å²) in [5, 5.41) is 14.3. The third-order valence-electron chi connectivity index (χ3n) is 4.28. The van der Waals surface area contributed by atoms with Crippen LogP contribution in [0.3, 0.4) is 0 Å². The summed E-state index contributed by atoms with van der Waals surface area (Å²) in [6.07, 6.45) is 1.39. The van der Waals surface area contributed by atoms with Gasteiger partial charge in [-0.3, -0.25) is 4.79 Å². The lowest BCUT2D eigenvalue weighted by molar-refractivity contribution is 0.0699. The molecule has 0 unspecified atom stereocenters. The van der Waals surface area contributed by atoms with E-state index in [1.165, 1.54) is 23.7 Å². The maximum atomic E-state index is 12.2. The summed E-state index contributed by atoms with van der Waals surface area (Å²) in [7, 11) is 0. The number of anilines is 1. The molecule has 0 saturated heterocycles. The Balaban J connectivity index is 1.65. The lowest BCUT2D eigenvalue weighted by Crippen LogP contribution is -2.12. The third kappa shape index (κ3) is 3.45. The summed E-state index contributed by atoms with van der Waals surface area (Å²) >= 11 is 1.17. The molecule has 0 aliphatic heterocycles. The smallest absolute Gasteiger partial charge is 0.339 e. The fraction of sp³-hybridized carbons (Fsp3) is 0. The van der Waals surface area contributed by atoms with Crippen LogP contribution in [0, 0.1) is 0 Å². The molecule has 0 saturated carbocycles. The monoisotopic (exact) mass is 389 g/mol. The van der Waals surface area contributed by atoms with Crippen molar-refractivity contribution >= 4 is 28.2 Å². The highest BCUT2D eigenvalue weighted by Crippen LogP contribution is 2.36. The number of benzene rings is 2. The quantitative estimate of drug-likeness (QED) is 0.464. The van der Waals surface area contributed by atoms with Crippen LogP contribution in [0.15, 0.2) is 82.8 Å². The third-order valence-corrected chi connectivity index (χ3v) is 5.18. The largest absolute Gasteiger partial charge is 0.478 e. The van der Waals surface area contributed by atoms with E-state index in [0.29, 0.717) is 5.56 Å². The van der Waals surface area contributed by atoms with Crippen molar-refractivity contribution in [1.29, 1.82) is 0 Å². The van der Waals surface area contributed by atoms with E-state index in [2.05, 4.69) is 5.32 Å². The minimum absolute atomic E-state index is 0.0670. The highest BCUT2D eigenvalue weighted by molar-refractivity contribution is 7.15. The zero-order chi connectivity index (χ0) is 19.5. The van der Waals surface area contributed by atoms with Gasteiger partial charge in [-0.2, -0.15) is 0 Å². The fourth-order valence-electron chi connectivity index (χ4n) is 2.92. The summed E-state index contributed by atoms with van der Waals surface area (Å²) in [4.78, 5) is 24.1. The SMILES string of the molecule is O=C(Nc1scc(-c2ccc(-c3ccccc3)cc2)c1C(=O)O)c1ccco1. The van der Waals surface area contributed by atoms with Crippen LogP contribution in [-0.2, 0) is 0 Å². The molecule has 0 bridgehead atoms. The molecule has 2 N–H and O–H groups in total. The molecule has 0 atom stereocenters. The van der Waals surface area contributed by atoms with Crippen LogP contribution in [-0.4, -0.2) is 17.0 Å². The first-order valence-electron chi connectivity index (χ1n) is 8.49. The Hall–Kier alpha value is -3.64. The van der Waals surface area contributed by atoms with Crippen LogP contribution in [0.25, 0.3) is 22.3 Å². The predicted octanol–water partition coefficient (Wildman–Crippen LogP) is 5.63. The van der Waals surface area contributed by atoms with E-state index >= 15 is 0 Å². The van der Waals surface area contributed by atoms with Gasteiger partial charge in [-0.1, -0.05) is 54.6 Å². The van der Waals surface area contributed by atoms with Crippen molar-refractivity contribution in [2.24, 2.45) is 0 Å². The van der Waals surface area contributed by atoms with Crippen molar-refractivity contribution < 1.29 is 19.1 Å². The van der Waals surface area contributed by atoms with E-state index in [4.69, 9.17) is 4.42 Å². The zero-order valence-corrected chi connectivity index (χ0v) is 15.4. The molecule has 2 heterocycles. The molecule has 0 aliphatic carbocycles. The highest BCUT2D eigenvalue weighted by Gasteiger charge is 2.22. The van der Waals surface area contributed by atoms with Gasteiger partial charge in [-0.05, 0) is 28.8 Å². The normalized spacial score (nSPS) is 10.6. The van der Waals surface area contributed by atoms with Crippen LogP contribution < -0.4 is 5.32 Å². The molecule has 0 aliphatic rings. The van der Waals surface area contributed by atoms with Gasteiger partial charge >= 0.3 is 5.97 Å². The number of rotatable bonds is 5. The molecule has 4 rings (SSSR count). The molecule has 2 aromatic heterocycles. The van der Waals surface area contributed by atoms with E-state index < -0.39 is 11.9 Å². The minimum Gasteiger partial charge on any atom is -0.478 e. The summed E-state index contributed by atoms with van der Waals surface area (Å²) in [6, 6.07) is 20.7. The van der Waals surface area contributed by atoms with Crippen molar-refractivity contribution in [1.82, 2.24) is 0 Å². The van der Waals surface area contributed by atoms with E-state index in [1.54, 1.807) is 11.4 Å². The van der Waals surface area contributed by atoms with Crippen LogP contribution in [0.2, 0.25) is 0 Å². The molecule has 6 heteroatoms. The first-order chi connectivity index (χ1) is 13.6. The highest BCUT2D eigenvalue weighted by atomic mass is 32.1. The van der Waals surface area contributed by atoms with E-state index in [9.17, 15) is 14.7 Å². The number of thiophene rings is 1. The van der Waals surface area contributed by atoms with Gasteiger partial charge in [0.2, 0.25) is 0 Å². The molecular weight excluding hydrogens is 374 g/mol.